The zero-order valence-electron chi connectivity index (χ0n) is 32.6. The molecule has 2 heteroatoms. The van der Waals surface area contributed by atoms with Gasteiger partial charge in [-0.2, -0.15) is 0 Å². The number of para-hydroxylation sites is 1. The van der Waals surface area contributed by atoms with E-state index in [4.69, 9.17) is 8.83 Å². The predicted octanol–water partition coefficient (Wildman–Crippen LogP) is 16.3. The fourth-order valence-corrected chi connectivity index (χ4v) is 10.5. The first-order valence-electron chi connectivity index (χ1n) is 20.5. The molecule has 0 saturated carbocycles. The van der Waals surface area contributed by atoms with E-state index in [2.05, 4.69) is 184 Å². The minimum Gasteiger partial charge on any atom is -0.456 e. The molecule has 0 amide bonds. The summed E-state index contributed by atoms with van der Waals surface area (Å²) in [6, 6.07) is 66.9. The highest BCUT2D eigenvalue weighted by atomic mass is 16.3. The largest absolute Gasteiger partial charge is 0.456 e. The van der Waals surface area contributed by atoms with Gasteiger partial charge in [0.05, 0.1) is 0 Å². The van der Waals surface area contributed by atoms with Crippen LogP contribution in [0.4, 0.5) is 0 Å². The molecule has 2 aromatic heterocycles. The van der Waals surface area contributed by atoms with E-state index in [0.717, 1.165) is 49.4 Å². The number of benzene rings is 10. The van der Waals surface area contributed by atoms with Crippen LogP contribution in [-0.4, -0.2) is 0 Å². The summed E-state index contributed by atoms with van der Waals surface area (Å²) in [5, 5.41) is 11.8. The molecular formula is C57H36O2. The maximum atomic E-state index is 6.52. The molecule has 2 heterocycles. The highest BCUT2D eigenvalue weighted by Crippen LogP contribution is 2.52. The van der Waals surface area contributed by atoms with Crippen LogP contribution in [0, 0.1) is 0 Å². The van der Waals surface area contributed by atoms with Crippen LogP contribution in [0.15, 0.2) is 191 Å². The SMILES string of the molecule is CC1(C)c2ccccc2-c2cc(-c3c4ccccc4c(-c4ccc5oc6cc7oc8ccccc8c7cc6c5c4)c4ccc(-c5cccc6ccccc56)cc34)ccc21. The number of furan rings is 2. The molecule has 2 nitrogen and oxygen atoms in total. The number of hydrogen-bond donors (Lipinski definition) is 0. The Kier molecular flexibility index (Phi) is 6.54. The van der Waals surface area contributed by atoms with E-state index >= 15 is 0 Å². The van der Waals surface area contributed by atoms with Gasteiger partial charge < -0.3 is 8.83 Å². The summed E-state index contributed by atoms with van der Waals surface area (Å²) >= 11 is 0. The molecule has 0 spiro atoms. The minimum atomic E-state index is -0.0631. The van der Waals surface area contributed by atoms with E-state index in [1.165, 1.54) is 82.4 Å². The molecule has 10 aromatic carbocycles. The van der Waals surface area contributed by atoms with Crippen molar-refractivity contribution in [1.29, 1.82) is 0 Å². The van der Waals surface area contributed by atoms with Crippen LogP contribution >= 0.6 is 0 Å². The number of fused-ring (bicyclic) bond motifs is 12. The van der Waals surface area contributed by atoms with E-state index < -0.39 is 0 Å². The van der Waals surface area contributed by atoms with E-state index in [9.17, 15) is 0 Å². The third-order valence-electron chi connectivity index (χ3n) is 13.3. The summed E-state index contributed by atoms with van der Waals surface area (Å²) in [6.45, 7) is 4.71. The molecule has 0 radical (unpaired) electrons. The van der Waals surface area contributed by atoms with Crippen molar-refractivity contribution in [2.75, 3.05) is 0 Å². The number of hydrogen-bond acceptors (Lipinski definition) is 2. The molecule has 0 bridgehead atoms. The Morgan fingerprint density at radius 2 is 0.847 bits per heavy atom. The maximum Gasteiger partial charge on any atom is 0.139 e. The van der Waals surface area contributed by atoms with Crippen LogP contribution in [0.3, 0.4) is 0 Å². The van der Waals surface area contributed by atoms with E-state index in [-0.39, 0.29) is 5.41 Å². The topological polar surface area (TPSA) is 26.3 Å². The Balaban J connectivity index is 1.11. The molecule has 276 valence electrons. The van der Waals surface area contributed by atoms with Crippen molar-refractivity contribution in [3.8, 4) is 44.5 Å². The third-order valence-corrected chi connectivity index (χ3v) is 13.3. The smallest absolute Gasteiger partial charge is 0.139 e. The molecule has 12 aromatic rings. The van der Waals surface area contributed by atoms with Gasteiger partial charge in [0, 0.05) is 33.0 Å². The van der Waals surface area contributed by atoms with Crippen LogP contribution < -0.4 is 0 Å². The zero-order valence-corrected chi connectivity index (χ0v) is 32.6. The summed E-state index contributed by atoms with van der Waals surface area (Å²) < 4.78 is 12.8. The van der Waals surface area contributed by atoms with Crippen LogP contribution in [0.5, 0.6) is 0 Å². The molecule has 13 rings (SSSR count). The van der Waals surface area contributed by atoms with Crippen molar-refractivity contribution >= 4 is 76.2 Å². The van der Waals surface area contributed by atoms with Crippen molar-refractivity contribution in [1.82, 2.24) is 0 Å². The Labute approximate surface area is 340 Å². The lowest BCUT2D eigenvalue weighted by Crippen LogP contribution is -2.14. The lowest BCUT2D eigenvalue weighted by molar-refractivity contribution is 0.656. The van der Waals surface area contributed by atoms with Crippen LogP contribution in [0.1, 0.15) is 25.0 Å². The van der Waals surface area contributed by atoms with Gasteiger partial charge in [0.1, 0.15) is 22.3 Å². The highest BCUT2D eigenvalue weighted by molar-refractivity contribution is 6.23. The Hall–Kier alpha value is -7.42. The van der Waals surface area contributed by atoms with Gasteiger partial charge in [0.25, 0.3) is 0 Å². The lowest BCUT2D eigenvalue weighted by Gasteiger charge is -2.22. The van der Waals surface area contributed by atoms with Crippen LogP contribution in [-0.2, 0) is 5.41 Å². The van der Waals surface area contributed by atoms with Crippen molar-refractivity contribution in [2.45, 2.75) is 19.3 Å². The zero-order chi connectivity index (χ0) is 39.0. The maximum absolute atomic E-state index is 6.52. The fraction of sp³-hybridized carbons (Fsp3) is 0.0526. The Morgan fingerprint density at radius 1 is 0.305 bits per heavy atom. The van der Waals surface area contributed by atoms with Gasteiger partial charge in [-0.05, 0) is 124 Å². The number of rotatable bonds is 3. The molecule has 0 saturated heterocycles. The van der Waals surface area contributed by atoms with Crippen molar-refractivity contribution in [2.24, 2.45) is 0 Å². The van der Waals surface area contributed by atoms with E-state index in [1.807, 2.05) is 12.1 Å². The van der Waals surface area contributed by atoms with Crippen molar-refractivity contribution in [3.05, 3.63) is 193 Å². The normalized spacial score (nSPS) is 13.4. The highest BCUT2D eigenvalue weighted by Gasteiger charge is 2.35. The lowest BCUT2D eigenvalue weighted by atomic mass is 9.81. The molecule has 1 aliphatic rings. The van der Waals surface area contributed by atoms with Crippen LogP contribution in [0.25, 0.3) is 121 Å². The molecular weight excluding hydrogens is 717 g/mol. The quantitative estimate of drug-likeness (QED) is 0.168. The molecule has 0 fully saturated rings. The first-order valence-corrected chi connectivity index (χ1v) is 20.5. The fourth-order valence-electron chi connectivity index (χ4n) is 10.5. The summed E-state index contributed by atoms with van der Waals surface area (Å²) in [5.74, 6) is 0. The second-order valence-corrected chi connectivity index (χ2v) is 16.8. The summed E-state index contributed by atoms with van der Waals surface area (Å²) in [4.78, 5) is 0. The molecule has 59 heavy (non-hydrogen) atoms. The van der Waals surface area contributed by atoms with E-state index in [1.54, 1.807) is 0 Å². The third kappa shape index (κ3) is 4.57. The summed E-state index contributed by atoms with van der Waals surface area (Å²) in [5.41, 5.74) is 16.1. The molecule has 0 unspecified atom stereocenters. The second-order valence-electron chi connectivity index (χ2n) is 16.8. The average Bonchev–Trinajstić information content (AvgIpc) is 3.90. The van der Waals surface area contributed by atoms with Crippen molar-refractivity contribution in [3.63, 3.8) is 0 Å². The molecule has 0 N–H and O–H groups in total. The first-order chi connectivity index (χ1) is 29.0. The van der Waals surface area contributed by atoms with Gasteiger partial charge >= 0.3 is 0 Å². The van der Waals surface area contributed by atoms with Crippen LogP contribution in [0.2, 0.25) is 0 Å². The minimum absolute atomic E-state index is 0.0631. The van der Waals surface area contributed by atoms with Crippen molar-refractivity contribution < 1.29 is 8.83 Å². The molecule has 0 atom stereocenters. The Bertz CT molecular complexity index is 3760. The summed E-state index contributed by atoms with van der Waals surface area (Å²) in [7, 11) is 0. The summed E-state index contributed by atoms with van der Waals surface area (Å²) in [6.07, 6.45) is 0. The monoisotopic (exact) mass is 752 g/mol. The Morgan fingerprint density at radius 3 is 1.69 bits per heavy atom. The van der Waals surface area contributed by atoms with Gasteiger partial charge in [-0.15, -0.1) is 0 Å². The second kappa shape index (κ2) is 11.8. The van der Waals surface area contributed by atoms with Gasteiger partial charge in [0.15, 0.2) is 0 Å². The average molecular weight is 753 g/mol. The van der Waals surface area contributed by atoms with Gasteiger partial charge in [-0.3, -0.25) is 0 Å². The van der Waals surface area contributed by atoms with E-state index in [0.29, 0.717) is 0 Å². The standard InChI is InChI=1S/C57H36O2/c1-57(2)49-20-9-7-15-39(49)44-29-35(23-26-50(44)57)56-42-18-6-5-17-41(42)55(43-25-22-34(28-48(43)56)38-19-11-13-33-12-3-4-14-37(33)38)36-24-27-52-45(30-36)47-31-46-40-16-8-10-21-51(40)58-53(46)32-54(47)59-52/h3-32H,1-2H3. The molecule has 0 aliphatic heterocycles. The van der Waals surface area contributed by atoms with Gasteiger partial charge in [-0.25, -0.2) is 0 Å². The predicted molar refractivity (Wildman–Crippen MR) is 247 cm³/mol. The molecule has 1 aliphatic carbocycles. The van der Waals surface area contributed by atoms with Gasteiger partial charge in [0.2, 0.25) is 0 Å². The van der Waals surface area contributed by atoms with Gasteiger partial charge in [-0.1, -0.05) is 153 Å². The first kappa shape index (κ1) is 32.6.